The van der Waals surface area contributed by atoms with Crippen LogP contribution in [0.25, 0.3) is 10.9 Å². The van der Waals surface area contributed by atoms with Crippen molar-refractivity contribution in [2.45, 2.75) is 13.6 Å². The number of aryl methyl sites for hydroxylation is 1. The minimum absolute atomic E-state index is 0.0170. The van der Waals surface area contributed by atoms with E-state index in [1.54, 1.807) is 19.1 Å². The van der Waals surface area contributed by atoms with Crippen LogP contribution in [-0.2, 0) is 11.4 Å². The van der Waals surface area contributed by atoms with Crippen LogP contribution < -0.4 is 10.5 Å². The summed E-state index contributed by atoms with van der Waals surface area (Å²) in [5.74, 6) is -0.932. The third-order valence-electron chi connectivity index (χ3n) is 5.29. The number of anilines is 1. The number of hydrogen-bond donors (Lipinski definition) is 0. The molecule has 0 aliphatic carbocycles. The van der Waals surface area contributed by atoms with Crippen LogP contribution in [0.1, 0.15) is 21.8 Å². The van der Waals surface area contributed by atoms with Gasteiger partial charge in [-0.05, 0) is 19.1 Å². The number of halogens is 1. The van der Waals surface area contributed by atoms with Crippen molar-refractivity contribution in [2.24, 2.45) is 0 Å². The van der Waals surface area contributed by atoms with E-state index in [-0.39, 0.29) is 28.8 Å². The van der Waals surface area contributed by atoms with E-state index < -0.39 is 17.3 Å². The zero-order valence-electron chi connectivity index (χ0n) is 17.0. The Morgan fingerprint density at radius 3 is 2.74 bits per heavy atom. The molecule has 0 unspecified atom stereocenters. The van der Waals surface area contributed by atoms with E-state index in [2.05, 4.69) is 10.3 Å². The maximum absolute atomic E-state index is 13.9. The van der Waals surface area contributed by atoms with Crippen molar-refractivity contribution in [1.82, 2.24) is 19.8 Å². The van der Waals surface area contributed by atoms with Gasteiger partial charge in [0.2, 0.25) is 0 Å². The predicted octanol–water partition coefficient (Wildman–Crippen LogP) is 1.27. The number of ether oxygens (including phenoxy) is 1. The molecule has 160 valence electrons. The summed E-state index contributed by atoms with van der Waals surface area (Å²) in [6.07, 6.45) is 0. The first-order chi connectivity index (χ1) is 14.9. The molecule has 0 bridgehead atoms. The van der Waals surface area contributed by atoms with Gasteiger partial charge in [0.25, 0.3) is 5.56 Å². The average molecular weight is 426 g/mol. The number of carbonyl (C=O) groups excluding carboxylic acids is 1. The molecule has 0 N–H and O–H groups in total. The van der Waals surface area contributed by atoms with Crippen LogP contribution in [-0.4, -0.2) is 59.1 Å². The molecule has 11 heteroatoms. The largest absolute Gasteiger partial charge is 0.464 e. The Morgan fingerprint density at radius 1 is 1.32 bits per heavy atom. The smallest absolute Gasteiger partial charge is 0.359 e. The summed E-state index contributed by atoms with van der Waals surface area (Å²) in [6, 6.07) is 6.47. The predicted molar refractivity (Wildman–Crippen MR) is 107 cm³/mol. The first-order valence-electron chi connectivity index (χ1n) is 9.56. The molecule has 1 aliphatic heterocycles. The highest BCUT2D eigenvalue weighted by molar-refractivity contribution is 6.01. The molecule has 2 aromatic heterocycles. The topological polar surface area (TPSA) is 117 Å². The number of nitriles is 1. The summed E-state index contributed by atoms with van der Waals surface area (Å²) < 4.78 is 24.9. The molecule has 0 amide bonds. The molecule has 1 aromatic carbocycles. The third kappa shape index (κ3) is 3.62. The number of rotatable bonds is 4. The van der Waals surface area contributed by atoms with Crippen LogP contribution in [0.4, 0.5) is 10.1 Å². The maximum Gasteiger partial charge on any atom is 0.359 e. The fraction of sp³-hybridized carbons (Fsp3) is 0.350. The monoisotopic (exact) mass is 426 g/mol. The molecule has 0 spiro atoms. The van der Waals surface area contributed by atoms with Crippen LogP contribution in [0.2, 0.25) is 0 Å². The Balaban J connectivity index is 1.56. The van der Waals surface area contributed by atoms with Crippen LogP contribution in [0.15, 0.2) is 27.5 Å². The highest BCUT2D eigenvalue weighted by Gasteiger charge is 2.25. The van der Waals surface area contributed by atoms with Crippen LogP contribution in [0.5, 0.6) is 0 Å². The van der Waals surface area contributed by atoms with E-state index in [1.807, 2.05) is 15.9 Å². The summed E-state index contributed by atoms with van der Waals surface area (Å²) >= 11 is 0. The summed E-state index contributed by atoms with van der Waals surface area (Å²) in [5.41, 5.74) is 0.0741. The van der Waals surface area contributed by atoms with Gasteiger partial charge in [-0.1, -0.05) is 11.2 Å². The standard InChI is InChI=1S/C20H19FN6O4/c1-12-16-17(24-31-12)19(28)27(23-18(16)20(29)30-2)11-25-6-8-26(9-7-25)15-5-3-4-14(21)13(15)10-22/h3-5H,6-9,11H2,1-2H3. The fourth-order valence-electron chi connectivity index (χ4n) is 3.68. The summed E-state index contributed by atoms with van der Waals surface area (Å²) in [6.45, 7) is 3.86. The Labute approximate surface area is 176 Å². The van der Waals surface area contributed by atoms with E-state index in [9.17, 15) is 19.2 Å². The van der Waals surface area contributed by atoms with E-state index in [1.165, 1.54) is 13.2 Å². The molecular formula is C20H19FN6O4. The highest BCUT2D eigenvalue weighted by atomic mass is 19.1. The zero-order valence-corrected chi connectivity index (χ0v) is 17.0. The lowest BCUT2D eigenvalue weighted by Crippen LogP contribution is -2.48. The molecular weight excluding hydrogens is 407 g/mol. The van der Waals surface area contributed by atoms with Crippen molar-refractivity contribution >= 4 is 22.6 Å². The second-order valence-electron chi connectivity index (χ2n) is 7.10. The lowest BCUT2D eigenvalue weighted by atomic mass is 10.1. The quantitative estimate of drug-likeness (QED) is 0.568. The number of benzene rings is 1. The maximum atomic E-state index is 13.9. The second-order valence-corrected chi connectivity index (χ2v) is 7.10. The molecule has 4 rings (SSSR count). The fourth-order valence-corrected chi connectivity index (χ4v) is 3.68. The number of carbonyl (C=O) groups is 1. The molecule has 0 radical (unpaired) electrons. The number of fused-ring (bicyclic) bond motifs is 1. The van der Waals surface area contributed by atoms with Gasteiger partial charge in [0, 0.05) is 26.2 Å². The normalized spacial score (nSPS) is 14.6. The Morgan fingerprint density at radius 2 is 2.06 bits per heavy atom. The summed E-state index contributed by atoms with van der Waals surface area (Å²) in [7, 11) is 1.23. The van der Waals surface area contributed by atoms with Gasteiger partial charge in [0.15, 0.2) is 11.2 Å². The molecule has 1 aliphatic rings. The number of hydrogen-bond acceptors (Lipinski definition) is 9. The minimum atomic E-state index is -0.690. The zero-order chi connectivity index (χ0) is 22.1. The van der Waals surface area contributed by atoms with E-state index in [0.717, 1.165) is 4.68 Å². The van der Waals surface area contributed by atoms with Gasteiger partial charge in [-0.2, -0.15) is 10.4 Å². The van der Waals surface area contributed by atoms with Crippen molar-refractivity contribution in [1.29, 1.82) is 5.26 Å². The lowest BCUT2D eigenvalue weighted by Gasteiger charge is -2.36. The minimum Gasteiger partial charge on any atom is -0.464 e. The number of methoxy groups -OCH3 is 1. The SMILES string of the molecule is COC(=O)c1nn(CN2CCN(c3cccc(F)c3C#N)CC2)c(=O)c2noc(C)c12. The van der Waals surface area contributed by atoms with Gasteiger partial charge in [-0.25, -0.2) is 13.9 Å². The van der Waals surface area contributed by atoms with Gasteiger partial charge < -0.3 is 14.2 Å². The molecule has 10 nitrogen and oxygen atoms in total. The Hall–Kier alpha value is -3.78. The molecule has 0 atom stereocenters. The molecule has 1 saturated heterocycles. The van der Waals surface area contributed by atoms with Crippen molar-refractivity contribution in [3.8, 4) is 6.07 Å². The van der Waals surface area contributed by atoms with Crippen LogP contribution in [0, 0.1) is 24.1 Å². The Bertz CT molecular complexity index is 1250. The molecule has 3 aromatic rings. The van der Waals surface area contributed by atoms with E-state index >= 15 is 0 Å². The molecule has 3 heterocycles. The average Bonchev–Trinajstić information content (AvgIpc) is 3.17. The third-order valence-corrected chi connectivity index (χ3v) is 5.29. The van der Waals surface area contributed by atoms with Crippen molar-refractivity contribution in [2.75, 3.05) is 38.2 Å². The van der Waals surface area contributed by atoms with Crippen molar-refractivity contribution < 1.29 is 18.4 Å². The highest BCUT2D eigenvalue weighted by Crippen LogP contribution is 2.24. The van der Waals surface area contributed by atoms with Crippen LogP contribution in [0.3, 0.4) is 0 Å². The molecule has 1 fully saturated rings. The summed E-state index contributed by atoms with van der Waals surface area (Å²) in [5, 5.41) is 17.5. The first kappa shape index (κ1) is 20.5. The van der Waals surface area contributed by atoms with E-state index in [4.69, 9.17) is 9.26 Å². The first-order valence-corrected chi connectivity index (χ1v) is 9.56. The van der Waals surface area contributed by atoms with Gasteiger partial charge in [0.05, 0.1) is 24.9 Å². The number of aromatic nitrogens is 3. The lowest BCUT2D eigenvalue weighted by molar-refractivity contribution is 0.0591. The van der Waals surface area contributed by atoms with E-state index in [0.29, 0.717) is 37.6 Å². The van der Waals surface area contributed by atoms with Crippen LogP contribution >= 0.6 is 0 Å². The molecule has 31 heavy (non-hydrogen) atoms. The second kappa shape index (κ2) is 8.16. The number of piperazine rings is 1. The van der Waals surface area contributed by atoms with Gasteiger partial charge in [-0.3, -0.25) is 9.69 Å². The number of nitrogens with zero attached hydrogens (tertiary/aromatic N) is 6. The summed E-state index contributed by atoms with van der Waals surface area (Å²) in [4.78, 5) is 28.9. The van der Waals surface area contributed by atoms with Crippen molar-refractivity contribution in [3.05, 3.63) is 51.4 Å². The molecule has 0 saturated carbocycles. The number of esters is 1. The van der Waals surface area contributed by atoms with Gasteiger partial charge in [-0.15, -0.1) is 0 Å². The van der Waals surface area contributed by atoms with Crippen molar-refractivity contribution in [3.63, 3.8) is 0 Å². The Kier molecular flexibility index (Phi) is 5.39. The van der Waals surface area contributed by atoms with Gasteiger partial charge >= 0.3 is 5.97 Å². The van der Waals surface area contributed by atoms with Gasteiger partial charge in [0.1, 0.15) is 23.2 Å².